The molecular formula is C21H28N4O. The molecule has 1 aromatic carbocycles. The summed E-state index contributed by atoms with van der Waals surface area (Å²) in [7, 11) is 1.70. The Morgan fingerprint density at radius 2 is 1.96 bits per heavy atom. The predicted octanol–water partition coefficient (Wildman–Crippen LogP) is 3.57. The van der Waals surface area contributed by atoms with Crippen molar-refractivity contribution in [1.82, 2.24) is 15.3 Å². The van der Waals surface area contributed by atoms with Crippen LogP contribution in [0.4, 0.5) is 5.95 Å². The van der Waals surface area contributed by atoms with E-state index in [9.17, 15) is 0 Å². The van der Waals surface area contributed by atoms with E-state index in [1.807, 2.05) is 12.1 Å². The minimum Gasteiger partial charge on any atom is -0.497 e. The molecule has 0 radical (unpaired) electrons. The first-order valence-corrected chi connectivity index (χ1v) is 9.78. The van der Waals surface area contributed by atoms with Crippen LogP contribution >= 0.6 is 0 Å². The number of piperidine rings is 1. The molecule has 0 bridgehead atoms. The fourth-order valence-corrected chi connectivity index (χ4v) is 4.03. The molecule has 1 N–H and O–H groups in total. The number of nitrogens with one attached hydrogen (secondary N) is 1. The van der Waals surface area contributed by atoms with Crippen LogP contribution < -0.4 is 15.0 Å². The molecule has 5 nitrogen and oxygen atoms in total. The first-order chi connectivity index (χ1) is 12.8. The van der Waals surface area contributed by atoms with E-state index in [1.54, 1.807) is 7.11 Å². The normalized spacial score (nSPS) is 20.4. The Morgan fingerprint density at radius 3 is 2.73 bits per heavy atom. The molecule has 0 amide bonds. The molecule has 0 spiro atoms. The lowest BCUT2D eigenvalue weighted by Crippen LogP contribution is -2.39. The molecule has 3 heterocycles. The molecular weight excluding hydrogens is 324 g/mol. The van der Waals surface area contributed by atoms with Gasteiger partial charge in [0.05, 0.1) is 18.5 Å². The molecule has 2 aliphatic heterocycles. The van der Waals surface area contributed by atoms with Crippen molar-refractivity contribution in [3.05, 3.63) is 35.5 Å². The molecule has 2 aliphatic rings. The zero-order chi connectivity index (χ0) is 17.9. The number of benzene rings is 1. The first kappa shape index (κ1) is 17.3. The number of aromatic nitrogens is 2. The van der Waals surface area contributed by atoms with E-state index in [4.69, 9.17) is 14.7 Å². The van der Waals surface area contributed by atoms with Crippen molar-refractivity contribution in [1.29, 1.82) is 0 Å². The molecule has 1 aromatic heterocycles. The Bertz CT molecular complexity index is 759. The van der Waals surface area contributed by atoms with E-state index >= 15 is 0 Å². The fraction of sp³-hybridized carbons (Fsp3) is 0.524. The standard InChI is InChI=1S/C21H28N4O/c1-15-6-3-4-13-25(15)21-23-19-14-22-12-5-7-18(19)20(24-21)16-8-10-17(26-2)11-9-16/h8-11,15,22H,3-7,12-14H2,1-2H3. The summed E-state index contributed by atoms with van der Waals surface area (Å²) in [5.41, 5.74) is 4.70. The van der Waals surface area contributed by atoms with Gasteiger partial charge in [-0.3, -0.25) is 0 Å². The maximum Gasteiger partial charge on any atom is 0.226 e. The number of hydrogen-bond acceptors (Lipinski definition) is 5. The monoisotopic (exact) mass is 352 g/mol. The van der Waals surface area contributed by atoms with E-state index in [2.05, 4.69) is 29.3 Å². The molecule has 4 rings (SSSR count). The van der Waals surface area contributed by atoms with Crippen molar-refractivity contribution in [3.63, 3.8) is 0 Å². The van der Waals surface area contributed by atoms with Crippen LogP contribution in [-0.2, 0) is 13.0 Å². The second-order valence-electron chi connectivity index (χ2n) is 7.34. The molecule has 5 heteroatoms. The molecule has 1 unspecified atom stereocenters. The van der Waals surface area contributed by atoms with Gasteiger partial charge in [-0.25, -0.2) is 9.97 Å². The smallest absolute Gasteiger partial charge is 0.226 e. The summed E-state index contributed by atoms with van der Waals surface area (Å²) in [6.45, 7) is 5.21. The number of methoxy groups -OCH3 is 1. The van der Waals surface area contributed by atoms with E-state index in [1.165, 1.54) is 24.8 Å². The lowest BCUT2D eigenvalue weighted by atomic mass is 10.0. The summed E-state index contributed by atoms with van der Waals surface area (Å²) < 4.78 is 5.32. The Morgan fingerprint density at radius 1 is 1.12 bits per heavy atom. The fourth-order valence-electron chi connectivity index (χ4n) is 4.03. The highest BCUT2D eigenvalue weighted by molar-refractivity contribution is 5.66. The highest BCUT2D eigenvalue weighted by Gasteiger charge is 2.24. The van der Waals surface area contributed by atoms with Gasteiger partial charge in [0.25, 0.3) is 0 Å². The van der Waals surface area contributed by atoms with Gasteiger partial charge in [-0.1, -0.05) is 0 Å². The van der Waals surface area contributed by atoms with Gasteiger partial charge in [0.2, 0.25) is 5.95 Å². The summed E-state index contributed by atoms with van der Waals surface area (Å²) in [5, 5.41) is 3.51. The summed E-state index contributed by atoms with van der Waals surface area (Å²) >= 11 is 0. The van der Waals surface area contributed by atoms with Gasteiger partial charge in [-0.05, 0) is 69.8 Å². The topological polar surface area (TPSA) is 50.3 Å². The quantitative estimate of drug-likeness (QED) is 0.915. The maximum atomic E-state index is 5.32. The SMILES string of the molecule is COc1ccc(-c2nc(N3CCCCC3C)nc3c2CCCNC3)cc1. The lowest BCUT2D eigenvalue weighted by Gasteiger charge is -2.34. The van der Waals surface area contributed by atoms with Crippen molar-refractivity contribution < 1.29 is 4.74 Å². The van der Waals surface area contributed by atoms with E-state index < -0.39 is 0 Å². The van der Waals surface area contributed by atoms with Gasteiger partial charge in [-0.15, -0.1) is 0 Å². The van der Waals surface area contributed by atoms with Gasteiger partial charge in [-0.2, -0.15) is 0 Å². The molecule has 1 saturated heterocycles. The number of anilines is 1. The number of fused-ring (bicyclic) bond motifs is 1. The van der Waals surface area contributed by atoms with E-state index in [0.29, 0.717) is 6.04 Å². The predicted molar refractivity (Wildman–Crippen MR) is 105 cm³/mol. The highest BCUT2D eigenvalue weighted by atomic mass is 16.5. The number of rotatable bonds is 3. The zero-order valence-corrected chi connectivity index (χ0v) is 15.8. The van der Waals surface area contributed by atoms with Crippen LogP contribution in [0.25, 0.3) is 11.3 Å². The molecule has 1 atom stereocenters. The Kier molecular flexibility index (Phi) is 5.07. The van der Waals surface area contributed by atoms with Crippen LogP contribution in [0, 0.1) is 0 Å². The third-order valence-electron chi connectivity index (χ3n) is 5.58. The summed E-state index contributed by atoms with van der Waals surface area (Å²) in [5.74, 6) is 1.77. The van der Waals surface area contributed by atoms with E-state index in [-0.39, 0.29) is 0 Å². The van der Waals surface area contributed by atoms with Gasteiger partial charge < -0.3 is 15.0 Å². The van der Waals surface area contributed by atoms with Gasteiger partial charge in [0, 0.05) is 30.3 Å². The molecule has 138 valence electrons. The van der Waals surface area contributed by atoms with Crippen molar-refractivity contribution in [2.45, 2.75) is 51.6 Å². The van der Waals surface area contributed by atoms with Gasteiger partial charge in [0.1, 0.15) is 5.75 Å². The average molecular weight is 352 g/mol. The maximum absolute atomic E-state index is 5.32. The van der Waals surface area contributed by atoms with Crippen LogP contribution in [-0.4, -0.2) is 36.2 Å². The number of ether oxygens (including phenoxy) is 1. The van der Waals surface area contributed by atoms with Crippen LogP contribution in [0.2, 0.25) is 0 Å². The van der Waals surface area contributed by atoms with E-state index in [0.717, 1.165) is 61.1 Å². The summed E-state index contributed by atoms with van der Waals surface area (Å²) in [6.07, 6.45) is 5.89. The minimum atomic E-state index is 0.504. The third-order valence-corrected chi connectivity index (χ3v) is 5.58. The van der Waals surface area contributed by atoms with Crippen molar-refractivity contribution in [2.24, 2.45) is 0 Å². The van der Waals surface area contributed by atoms with Crippen molar-refractivity contribution in [3.8, 4) is 17.0 Å². The third kappa shape index (κ3) is 3.40. The minimum absolute atomic E-state index is 0.504. The van der Waals surface area contributed by atoms with Crippen LogP contribution in [0.3, 0.4) is 0 Å². The van der Waals surface area contributed by atoms with Crippen LogP contribution in [0.15, 0.2) is 24.3 Å². The summed E-state index contributed by atoms with van der Waals surface area (Å²) in [6, 6.07) is 8.76. The molecule has 26 heavy (non-hydrogen) atoms. The van der Waals surface area contributed by atoms with Crippen LogP contribution in [0.5, 0.6) is 5.75 Å². The average Bonchev–Trinajstić information content (AvgIpc) is 2.93. The number of hydrogen-bond donors (Lipinski definition) is 1. The zero-order valence-electron chi connectivity index (χ0n) is 15.8. The van der Waals surface area contributed by atoms with Crippen molar-refractivity contribution >= 4 is 5.95 Å². The Labute approximate surface area is 155 Å². The molecule has 2 aromatic rings. The second kappa shape index (κ2) is 7.62. The largest absolute Gasteiger partial charge is 0.497 e. The highest BCUT2D eigenvalue weighted by Crippen LogP contribution is 2.31. The van der Waals surface area contributed by atoms with Gasteiger partial charge >= 0.3 is 0 Å². The molecule has 1 fully saturated rings. The van der Waals surface area contributed by atoms with Gasteiger partial charge in [0.15, 0.2) is 0 Å². The van der Waals surface area contributed by atoms with Crippen LogP contribution in [0.1, 0.15) is 43.9 Å². The van der Waals surface area contributed by atoms with Crippen molar-refractivity contribution in [2.75, 3.05) is 25.1 Å². The molecule has 0 saturated carbocycles. The Balaban J connectivity index is 1.80. The summed E-state index contributed by atoms with van der Waals surface area (Å²) in [4.78, 5) is 12.5. The number of nitrogens with zero attached hydrogens (tertiary/aromatic N) is 3. The lowest BCUT2D eigenvalue weighted by molar-refractivity contribution is 0.415. The second-order valence-corrected chi connectivity index (χ2v) is 7.34. The Hall–Kier alpha value is -2.14. The molecule has 0 aliphatic carbocycles. The first-order valence-electron chi connectivity index (χ1n) is 9.78.